The van der Waals surface area contributed by atoms with Crippen molar-refractivity contribution in [2.45, 2.75) is 17.7 Å². The highest BCUT2D eigenvalue weighted by Gasteiger charge is 2.10. The van der Waals surface area contributed by atoms with E-state index in [4.69, 9.17) is 16.0 Å². The molecule has 0 radical (unpaired) electrons. The first kappa shape index (κ1) is 19.7. The normalized spacial score (nSPS) is 11.4. The lowest BCUT2D eigenvalue weighted by molar-refractivity contribution is 0.288. The van der Waals surface area contributed by atoms with Crippen molar-refractivity contribution in [1.82, 2.24) is 9.97 Å². The van der Waals surface area contributed by atoms with Gasteiger partial charge in [-0.05, 0) is 42.2 Å². The maximum absolute atomic E-state index is 11.5. The molecule has 0 fully saturated rings. The summed E-state index contributed by atoms with van der Waals surface area (Å²) in [5.41, 5.74) is 9.27. The van der Waals surface area contributed by atoms with Gasteiger partial charge in [0.25, 0.3) is 0 Å². The van der Waals surface area contributed by atoms with Gasteiger partial charge in [0.15, 0.2) is 0 Å². The summed E-state index contributed by atoms with van der Waals surface area (Å²) in [5, 5.41) is 17.0. The van der Waals surface area contributed by atoms with E-state index in [9.17, 15) is 8.42 Å². The Balaban J connectivity index is 1.79. The lowest BCUT2D eigenvalue weighted by Gasteiger charge is -2.10. The third-order valence-corrected chi connectivity index (χ3v) is 5.04. The number of nitrogens with zero attached hydrogens (tertiary/aromatic N) is 2. The molecule has 146 valence electrons. The Kier molecular flexibility index (Phi) is 5.88. The van der Waals surface area contributed by atoms with E-state index in [1.54, 1.807) is 18.3 Å². The molecule has 0 saturated heterocycles. The van der Waals surface area contributed by atoms with Crippen LogP contribution >= 0.6 is 0 Å². The molecule has 0 aliphatic heterocycles. The standard InChI is InChI=1S/C19H21N5O3S/c20-18-17(14-8-6-13(7-9-14)3-2-10-25)12-22-19(24-18)23-15-4-1-5-16(11-15)28(21,26)27/h1,4-9,11-12,25H,2-3,10H2,(H2,21,26,27)(H3,20,22,23,24). The Labute approximate surface area is 163 Å². The third-order valence-electron chi connectivity index (χ3n) is 4.13. The summed E-state index contributed by atoms with van der Waals surface area (Å²) in [6, 6.07) is 13.9. The summed E-state index contributed by atoms with van der Waals surface area (Å²) in [6.07, 6.45) is 3.14. The number of rotatable bonds is 7. The van der Waals surface area contributed by atoms with Gasteiger partial charge in [-0.1, -0.05) is 30.3 Å². The Morgan fingerprint density at radius 2 is 1.86 bits per heavy atom. The highest BCUT2D eigenvalue weighted by molar-refractivity contribution is 7.89. The fourth-order valence-electron chi connectivity index (χ4n) is 2.69. The quantitative estimate of drug-likeness (QED) is 0.476. The van der Waals surface area contributed by atoms with E-state index in [1.165, 1.54) is 12.1 Å². The fourth-order valence-corrected chi connectivity index (χ4v) is 3.25. The van der Waals surface area contributed by atoms with Gasteiger partial charge in [-0.3, -0.25) is 0 Å². The predicted octanol–water partition coefficient (Wildman–Crippen LogP) is 2.04. The topological polar surface area (TPSA) is 144 Å². The number of aliphatic hydroxyl groups excluding tert-OH is 1. The fraction of sp³-hybridized carbons (Fsp3) is 0.158. The minimum absolute atomic E-state index is 0.0108. The van der Waals surface area contributed by atoms with Crippen molar-refractivity contribution in [2.24, 2.45) is 5.14 Å². The van der Waals surface area contributed by atoms with E-state index >= 15 is 0 Å². The van der Waals surface area contributed by atoms with Crippen molar-refractivity contribution >= 4 is 27.5 Å². The molecule has 3 rings (SSSR count). The van der Waals surface area contributed by atoms with Crippen LogP contribution in [0.2, 0.25) is 0 Å². The number of aliphatic hydroxyl groups is 1. The zero-order valence-electron chi connectivity index (χ0n) is 15.0. The summed E-state index contributed by atoms with van der Waals surface area (Å²) < 4.78 is 22.9. The molecule has 0 aliphatic carbocycles. The van der Waals surface area contributed by atoms with Crippen LogP contribution in [0.25, 0.3) is 11.1 Å². The van der Waals surface area contributed by atoms with E-state index < -0.39 is 10.0 Å². The van der Waals surface area contributed by atoms with Crippen molar-refractivity contribution in [2.75, 3.05) is 17.7 Å². The van der Waals surface area contributed by atoms with Crippen LogP contribution in [-0.2, 0) is 16.4 Å². The molecule has 0 atom stereocenters. The van der Waals surface area contributed by atoms with Gasteiger partial charge in [-0.15, -0.1) is 0 Å². The van der Waals surface area contributed by atoms with Crippen molar-refractivity contribution in [1.29, 1.82) is 0 Å². The summed E-state index contributed by atoms with van der Waals surface area (Å²) in [4.78, 5) is 8.50. The molecule has 1 aromatic heterocycles. The average Bonchev–Trinajstić information content (AvgIpc) is 2.67. The van der Waals surface area contributed by atoms with Gasteiger partial charge in [0.2, 0.25) is 16.0 Å². The number of nitrogen functional groups attached to an aromatic ring is 1. The molecule has 2 aromatic carbocycles. The summed E-state index contributed by atoms with van der Waals surface area (Å²) in [5.74, 6) is 0.538. The Hall–Kier alpha value is -3.01. The second kappa shape index (κ2) is 8.34. The van der Waals surface area contributed by atoms with E-state index in [0.717, 1.165) is 24.0 Å². The molecule has 0 unspecified atom stereocenters. The van der Waals surface area contributed by atoms with Crippen LogP contribution in [0.15, 0.2) is 59.6 Å². The van der Waals surface area contributed by atoms with E-state index in [2.05, 4.69) is 15.3 Å². The van der Waals surface area contributed by atoms with Crippen molar-refractivity contribution in [3.05, 3.63) is 60.3 Å². The number of primary sulfonamides is 1. The van der Waals surface area contributed by atoms with Gasteiger partial charge in [0.1, 0.15) is 5.82 Å². The third kappa shape index (κ3) is 4.83. The maximum Gasteiger partial charge on any atom is 0.238 e. The number of benzene rings is 2. The van der Waals surface area contributed by atoms with Gasteiger partial charge in [-0.25, -0.2) is 18.5 Å². The SMILES string of the molecule is Nc1nc(Nc2cccc(S(N)(=O)=O)c2)ncc1-c1ccc(CCCO)cc1. The monoisotopic (exact) mass is 399 g/mol. The number of hydrogen-bond donors (Lipinski definition) is 4. The molecule has 1 heterocycles. The summed E-state index contributed by atoms with van der Waals surface area (Å²) in [7, 11) is -3.80. The van der Waals surface area contributed by atoms with Crippen LogP contribution in [-0.4, -0.2) is 30.1 Å². The summed E-state index contributed by atoms with van der Waals surface area (Å²) in [6.45, 7) is 0.164. The maximum atomic E-state index is 11.5. The van der Waals surface area contributed by atoms with Gasteiger partial charge < -0.3 is 16.2 Å². The zero-order chi connectivity index (χ0) is 20.1. The van der Waals surface area contributed by atoms with Crippen LogP contribution < -0.4 is 16.2 Å². The minimum Gasteiger partial charge on any atom is -0.396 e. The second-order valence-corrected chi connectivity index (χ2v) is 7.78. The molecule has 0 aliphatic rings. The number of hydrogen-bond acceptors (Lipinski definition) is 7. The molecule has 3 aromatic rings. The Bertz CT molecular complexity index is 1070. The molecule has 0 bridgehead atoms. The molecular weight excluding hydrogens is 378 g/mol. The van der Waals surface area contributed by atoms with Crippen LogP contribution in [0.1, 0.15) is 12.0 Å². The van der Waals surface area contributed by atoms with Crippen molar-refractivity contribution in [3.8, 4) is 11.1 Å². The van der Waals surface area contributed by atoms with Crippen LogP contribution in [0.4, 0.5) is 17.5 Å². The average molecular weight is 399 g/mol. The Morgan fingerprint density at radius 3 is 2.50 bits per heavy atom. The molecule has 0 spiro atoms. The molecule has 0 amide bonds. The van der Waals surface area contributed by atoms with Crippen LogP contribution in [0.3, 0.4) is 0 Å². The highest BCUT2D eigenvalue weighted by Crippen LogP contribution is 2.26. The van der Waals surface area contributed by atoms with Gasteiger partial charge in [0, 0.05) is 24.1 Å². The first-order valence-corrected chi connectivity index (χ1v) is 10.1. The molecule has 0 saturated carbocycles. The number of sulfonamides is 1. The summed E-state index contributed by atoms with van der Waals surface area (Å²) >= 11 is 0. The smallest absolute Gasteiger partial charge is 0.238 e. The first-order valence-electron chi connectivity index (χ1n) is 8.59. The highest BCUT2D eigenvalue weighted by atomic mass is 32.2. The lowest BCUT2D eigenvalue weighted by atomic mass is 10.0. The number of aryl methyl sites for hydroxylation is 1. The molecule has 8 nitrogen and oxygen atoms in total. The number of aromatic nitrogens is 2. The van der Waals surface area contributed by atoms with E-state index in [-0.39, 0.29) is 17.5 Å². The van der Waals surface area contributed by atoms with Gasteiger partial charge in [0.05, 0.1) is 4.90 Å². The second-order valence-electron chi connectivity index (χ2n) is 6.21. The zero-order valence-corrected chi connectivity index (χ0v) is 15.9. The number of anilines is 3. The Morgan fingerprint density at radius 1 is 1.11 bits per heavy atom. The largest absolute Gasteiger partial charge is 0.396 e. The molecule has 6 N–H and O–H groups in total. The first-order chi connectivity index (χ1) is 13.4. The number of nitrogens with two attached hydrogens (primary N) is 2. The molecular formula is C19H21N5O3S. The van der Waals surface area contributed by atoms with Gasteiger partial charge >= 0.3 is 0 Å². The number of nitrogens with one attached hydrogen (secondary N) is 1. The van der Waals surface area contributed by atoms with Crippen LogP contribution in [0, 0.1) is 0 Å². The van der Waals surface area contributed by atoms with Crippen molar-refractivity contribution < 1.29 is 13.5 Å². The predicted molar refractivity (Wildman–Crippen MR) is 108 cm³/mol. The minimum atomic E-state index is -3.80. The van der Waals surface area contributed by atoms with E-state index in [0.29, 0.717) is 17.1 Å². The molecule has 28 heavy (non-hydrogen) atoms. The van der Waals surface area contributed by atoms with Gasteiger partial charge in [-0.2, -0.15) is 4.98 Å². The molecule has 9 heteroatoms. The lowest BCUT2D eigenvalue weighted by Crippen LogP contribution is -2.12. The van der Waals surface area contributed by atoms with Crippen LogP contribution in [0.5, 0.6) is 0 Å². The van der Waals surface area contributed by atoms with E-state index in [1.807, 2.05) is 24.3 Å². The van der Waals surface area contributed by atoms with Crippen molar-refractivity contribution in [3.63, 3.8) is 0 Å².